The van der Waals surface area contributed by atoms with Crippen LogP contribution in [0.2, 0.25) is 0 Å². The highest BCUT2D eigenvalue weighted by Crippen LogP contribution is 2.06. The minimum atomic E-state index is 0.145. The molecule has 0 aliphatic rings. The Kier molecular flexibility index (Phi) is 2.81. The zero-order valence-electron chi connectivity index (χ0n) is 5.49. The topological polar surface area (TPSA) is 58.8 Å². The highest BCUT2D eigenvalue weighted by atomic mass is 79.9. The standard InChI is InChI=1S/C6H4BrN3O/c7-4-11-5-2-9-6(1-8)10-3-5/h2-3H,4H2. The summed E-state index contributed by atoms with van der Waals surface area (Å²) in [7, 11) is 0. The molecule has 0 atom stereocenters. The van der Waals surface area contributed by atoms with E-state index in [1.54, 1.807) is 6.07 Å². The van der Waals surface area contributed by atoms with Crippen LogP contribution in [0.4, 0.5) is 0 Å². The van der Waals surface area contributed by atoms with Crippen LogP contribution in [0, 0.1) is 11.3 Å². The largest absolute Gasteiger partial charge is 0.479 e. The van der Waals surface area contributed by atoms with Gasteiger partial charge in [0, 0.05) is 0 Å². The Bertz CT molecular complexity index is 266. The van der Waals surface area contributed by atoms with Crippen LogP contribution < -0.4 is 4.74 Å². The molecule has 1 aromatic rings. The van der Waals surface area contributed by atoms with Crippen molar-refractivity contribution in [2.45, 2.75) is 0 Å². The molecule has 0 saturated carbocycles. The lowest BCUT2D eigenvalue weighted by atomic mass is 10.5. The molecule has 0 unspecified atom stereocenters. The fraction of sp³-hybridized carbons (Fsp3) is 0.167. The highest BCUT2D eigenvalue weighted by Gasteiger charge is 1.94. The molecule has 11 heavy (non-hydrogen) atoms. The second kappa shape index (κ2) is 3.88. The molecule has 0 radical (unpaired) electrons. The smallest absolute Gasteiger partial charge is 0.232 e. The predicted octanol–water partition coefficient (Wildman–Crippen LogP) is 1.08. The van der Waals surface area contributed by atoms with Crippen molar-refractivity contribution in [2.75, 3.05) is 5.52 Å². The molecule has 0 aromatic carbocycles. The Labute approximate surface area is 72.0 Å². The highest BCUT2D eigenvalue weighted by molar-refractivity contribution is 9.09. The number of alkyl halides is 1. The fourth-order valence-electron chi connectivity index (χ4n) is 0.511. The van der Waals surface area contributed by atoms with Gasteiger partial charge in [0.2, 0.25) is 5.82 Å². The maximum atomic E-state index is 8.33. The molecular formula is C6H4BrN3O. The summed E-state index contributed by atoms with van der Waals surface area (Å²) < 4.78 is 4.99. The van der Waals surface area contributed by atoms with Crippen LogP contribution in [0.3, 0.4) is 0 Å². The molecule has 0 saturated heterocycles. The van der Waals surface area contributed by atoms with Crippen molar-refractivity contribution in [3.05, 3.63) is 18.2 Å². The summed E-state index contributed by atoms with van der Waals surface area (Å²) in [6, 6.07) is 1.81. The summed E-state index contributed by atoms with van der Waals surface area (Å²) in [6.45, 7) is 0. The van der Waals surface area contributed by atoms with Gasteiger partial charge in [-0.15, -0.1) is 0 Å². The third-order valence-electron chi connectivity index (χ3n) is 0.949. The Morgan fingerprint density at radius 3 is 2.64 bits per heavy atom. The van der Waals surface area contributed by atoms with Crippen LogP contribution >= 0.6 is 15.9 Å². The maximum Gasteiger partial charge on any atom is 0.232 e. The van der Waals surface area contributed by atoms with E-state index in [4.69, 9.17) is 10.00 Å². The number of nitrogens with zero attached hydrogens (tertiary/aromatic N) is 3. The summed E-state index contributed by atoms with van der Waals surface area (Å²) in [6.07, 6.45) is 2.90. The first kappa shape index (κ1) is 7.95. The molecule has 4 nitrogen and oxygen atoms in total. The van der Waals surface area contributed by atoms with E-state index in [0.717, 1.165) is 0 Å². The zero-order valence-corrected chi connectivity index (χ0v) is 7.08. The molecule has 0 amide bonds. The summed E-state index contributed by atoms with van der Waals surface area (Å²) >= 11 is 3.08. The SMILES string of the molecule is N#Cc1ncc(OCBr)cn1. The first-order chi connectivity index (χ1) is 5.36. The number of aromatic nitrogens is 2. The zero-order chi connectivity index (χ0) is 8.10. The van der Waals surface area contributed by atoms with Gasteiger partial charge in [-0.05, 0) is 15.9 Å². The van der Waals surface area contributed by atoms with Gasteiger partial charge >= 0.3 is 0 Å². The molecule has 1 rings (SSSR count). The average Bonchev–Trinajstić information content (AvgIpc) is 2.07. The van der Waals surface area contributed by atoms with Crippen molar-refractivity contribution >= 4 is 15.9 Å². The Morgan fingerprint density at radius 1 is 1.55 bits per heavy atom. The molecule has 0 bridgehead atoms. The quantitative estimate of drug-likeness (QED) is 0.691. The normalized spacial score (nSPS) is 8.73. The van der Waals surface area contributed by atoms with Crippen molar-refractivity contribution in [2.24, 2.45) is 0 Å². The predicted molar refractivity (Wildman–Crippen MR) is 41.2 cm³/mol. The second-order valence-corrected chi connectivity index (χ2v) is 2.07. The molecule has 56 valence electrons. The molecular weight excluding hydrogens is 210 g/mol. The van der Waals surface area contributed by atoms with Crippen molar-refractivity contribution in [1.82, 2.24) is 9.97 Å². The third kappa shape index (κ3) is 2.16. The van der Waals surface area contributed by atoms with E-state index in [-0.39, 0.29) is 5.82 Å². The number of ether oxygens (including phenoxy) is 1. The summed E-state index contributed by atoms with van der Waals surface area (Å²) in [5.41, 5.74) is 0.391. The molecule has 0 aliphatic carbocycles. The monoisotopic (exact) mass is 213 g/mol. The van der Waals surface area contributed by atoms with Gasteiger partial charge in [0.1, 0.15) is 11.6 Å². The lowest BCUT2D eigenvalue weighted by molar-refractivity contribution is 0.394. The van der Waals surface area contributed by atoms with E-state index >= 15 is 0 Å². The fourth-order valence-corrected chi connectivity index (χ4v) is 0.776. The molecule has 1 heterocycles. The van der Waals surface area contributed by atoms with Gasteiger partial charge in [0.05, 0.1) is 12.4 Å². The lowest BCUT2D eigenvalue weighted by Crippen LogP contribution is -1.92. The van der Waals surface area contributed by atoms with Gasteiger partial charge in [-0.2, -0.15) is 5.26 Å². The van der Waals surface area contributed by atoms with E-state index in [1.165, 1.54) is 12.4 Å². The third-order valence-corrected chi connectivity index (χ3v) is 1.18. The van der Waals surface area contributed by atoms with Gasteiger partial charge in [-0.25, -0.2) is 9.97 Å². The van der Waals surface area contributed by atoms with Gasteiger partial charge in [-0.3, -0.25) is 0 Å². The van der Waals surface area contributed by atoms with Crippen molar-refractivity contribution in [3.8, 4) is 11.8 Å². The summed E-state index contributed by atoms with van der Waals surface area (Å²) in [5, 5.41) is 8.33. The molecule has 0 spiro atoms. The Balaban J connectivity index is 2.76. The van der Waals surface area contributed by atoms with Crippen molar-refractivity contribution < 1.29 is 4.74 Å². The second-order valence-electron chi connectivity index (χ2n) is 1.61. The molecule has 1 aromatic heterocycles. The van der Waals surface area contributed by atoms with E-state index in [1.807, 2.05) is 0 Å². The molecule has 0 aliphatic heterocycles. The molecule has 0 fully saturated rings. The van der Waals surface area contributed by atoms with E-state index in [0.29, 0.717) is 11.3 Å². The maximum absolute atomic E-state index is 8.33. The van der Waals surface area contributed by atoms with Gasteiger partial charge in [0.15, 0.2) is 5.75 Å². The van der Waals surface area contributed by atoms with Crippen LogP contribution in [0.25, 0.3) is 0 Å². The first-order valence-corrected chi connectivity index (χ1v) is 3.90. The molecule has 0 N–H and O–H groups in total. The van der Waals surface area contributed by atoms with Crippen LogP contribution in [-0.2, 0) is 0 Å². The first-order valence-electron chi connectivity index (χ1n) is 2.77. The average molecular weight is 214 g/mol. The van der Waals surface area contributed by atoms with Crippen LogP contribution in [0.5, 0.6) is 5.75 Å². The lowest BCUT2D eigenvalue weighted by Gasteiger charge is -1.97. The van der Waals surface area contributed by atoms with Gasteiger partial charge in [0.25, 0.3) is 0 Å². The number of hydrogen-bond donors (Lipinski definition) is 0. The molecule has 5 heteroatoms. The van der Waals surface area contributed by atoms with E-state index in [2.05, 4.69) is 25.9 Å². The van der Waals surface area contributed by atoms with Crippen molar-refractivity contribution in [3.63, 3.8) is 0 Å². The van der Waals surface area contributed by atoms with Gasteiger partial charge in [-0.1, -0.05) is 0 Å². The Hall–Kier alpha value is -1.15. The number of rotatable bonds is 2. The van der Waals surface area contributed by atoms with Crippen LogP contribution in [-0.4, -0.2) is 15.5 Å². The summed E-state index contributed by atoms with van der Waals surface area (Å²) in [4.78, 5) is 7.40. The van der Waals surface area contributed by atoms with Gasteiger partial charge < -0.3 is 4.74 Å². The number of nitriles is 1. The van der Waals surface area contributed by atoms with E-state index in [9.17, 15) is 0 Å². The number of hydrogen-bond acceptors (Lipinski definition) is 4. The number of halogens is 1. The Morgan fingerprint density at radius 2 is 2.18 bits per heavy atom. The summed E-state index contributed by atoms with van der Waals surface area (Å²) in [5.74, 6) is 0.688. The van der Waals surface area contributed by atoms with Crippen LogP contribution in [0.1, 0.15) is 5.82 Å². The van der Waals surface area contributed by atoms with Crippen molar-refractivity contribution in [1.29, 1.82) is 5.26 Å². The van der Waals surface area contributed by atoms with Crippen LogP contribution in [0.15, 0.2) is 12.4 Å². The van der Waals surface area contributed by atoms with E-state index < -0.39 is 0 Å². The minimum absolute atomic E-state index is 0.145. The minimum Gasteiger partial charge on any atom is -0.479 e.